The summed E-state index contributed by atoms with van der Waals surface area (Å²) < 4.78 is 23.7. The molecule has 0 bridgehead atoms. The van der Waals surface area contributed by atoms with E-state index in [4.69, 9.17) is 14.2 Å². The van der Waals surface area contributed by atoms with Crippen molar-refractivity contribution in [2.45, 2.75) is 13.2 Å². The Morgan fingerprint density at radius 3 is 1.63 bits per heavy atom. The monoisotopic (exact) mass is 439 g/mol. The molecule has 0 radical (unpaired) electrons. The molecule has 0 heterocycles. The molecule has 2 aromatic rings. The van der Waals surface area contributed by atoms with Crippen LogP contribution >= 0.6 is 7.60 Å². The van der Waals surface area contributed by atoms with Gasteiger partial charge < -0.3 is 14.2 Å². The summed E-state index contributed by atoms with van der Waals surface area (Å²) in [5.74, 6) is -1.16. The molecule has 13 heteroatoms. The highest BCUT2D eigenvalue weighted by Crippen LogP contribution is 2.48. The standard InChI is InChI=1S/C17H18N3O9P/c21-17(22)9-18-12-30(27,28-10-13-1-5-15(6-2-13)19(23)24)29-11-14-3-7-16(8-4-14)20(25)26/h1-8,18H,9-12H2,(H,21,22). The smallest absolute Gasteiger partial charge is 0.344 e. The minimum Gasteiger partial charge on any atom is -0.480 e. The van der Waals surface area contributed by atoms with Crippen LogP contribution in [0.4, 0.5) is 11.4 Å². The van der Waals surface area contributed by atoms with Gasteiger partial charge in [0, 0.05) is 24.3 Å². The maximum atomic E-state index is 13.0. The van der Waals surface area contributed by atoms with Crippen molar-refractivity contribution in [2.75, 3.05) is 12.8 Å². The Morgan fingerprint density at radius 1 is 0.900 bits per heavy atom. The van der Waals surface area contributed by atoms with Crippen molar-refractivity contribution in [2.24, 2.45) is 0 Å². The van der Waals surface area contributed by atoms with E-state index in [-0.39, 0.29) is 30.9 Å². The topological polar surface area (TPSA) is 171 Å². The lowest BCUT2D eigenvalue weighted by molar-refractivity contribution is -0.385. The molecule has 0 fully saturated rings. The van der Waals surface area contributed by atoms with Crippen LogP contribution in [-0.2, 0) is 31.6 Å². The Bertz CT molecular complexity index is 882. The van der Waals surface area contributed by atoms with Crippen molar-refractivity contribution in [1.82, 2.24) is 5.32 Å². The number of nitro benzene ring substituents is 2. The Kier molecular flexibility index (Phi) is 8.13. The summed E-state index contributed by atoms with van der Waals surface area (Å²) in [7, 11) is -3.81. The van der Waals surface area contributed by atoms with E-state index in [9.17, 15) is 29.6 Å². The Balaban J connectivity index is 2.03. The molecule has 0 spiro atoms. The van der Waals surface area contributed by atoms with Gasteiger partial charge in [0.1, 0.15) is 0 Å². The predicted octanol–water partition coefficient (Wildman–Crippen LogP) is 3.06. The van der Waals surface area contributed by atoms with Crippen LogP contribution in [0.3, 0.4) is 0 Å². The van der Waals surface area contributed by atoms with Crippen LogP contribution in [0.2, 0.25) is 0 Å². The summed E-state index contributed by atoms with van der Waals surface area (Å²) in [4.78, 5) is 31.0. The third kappa shape index (κ3) is 7.33. The van der Waals surface area contributed by atoms with E-state index in [1.165, 1.54) is 48.5 Å². The van der Waals surface area contributed by atoms with Gasteiger partial charge in [-0.1, -0.05) is 0 Å². The van der Waals surface area contributed by atoms with Crippen LogP contribution < -0.4 is 5.32 Å². The molecule has 0 aromatic heterocycles. The number of hydrogen-bond acceptors (Lipinski definition) is 9. The number of carboxylic acids is 1. The average molecular weight is 439 g/mol. The van der Waals surface area contributed by atoms with Crippen LogP contribution in [0.5, 0.6) is 0 Å². The maximum absolute atomic E-state index is 13.0. The Hall–Kier alpha value is -3.18. The lowest BCUT2D eigenvalue weighted by Gasteiger charge is -2.19. The van der Waals surface area contributed by atoms with Crippen molar-refractivity contribution in [1.29, 1.82) is 0 Å². The zero-order chi connectivity index (χ0) is 22.1. The predicted molar refractivity (Wildman–Crippen MR) is 104 cm³/mol. The van der Waals surface area contributed by atoms with Crippen LogP contribution in [0.15, 0.2) is 48.5 Å². The molecule has 160 valence electrons. The largest absolute Gasteiger partial charge is 0.480 e. The molecule has 12 nitrogen and oxygen atoms in total. The highest BCUT2D eigenvalue weighted by atomic mass is 31.2. The lowest BCUT2D eigenvalue weighted by Crippen LogP contribution is -2.24. The van der Waals surface area contributed by atoms with Crippen molar-refractivity contribution in [3.05, 3.63) is 79.9 Å². The highest BCUT2D eigenvalue weighted by Gasteiger charge is 2.25. The van der Waals surface area contributed by atoms with Gasteiger partial charge in [0.15, 0.2) is 0 Å². The van der Waals surface area contributed by atoms with Crippen LogP contribution in [0.1, 0.15) is 11.1 Å². The molecular formula is C17H18N3O9P. The van der Waals surface area contributed by atoms with E-state index in [2.05, 4.69) is 5.32 Å². The zero-order valence-electron chi connectivity index (χ0n) is 15.5. The minimum atomic E-state index is -3.81. The van der Waals surface area contributed by atoms with Crippen LogP contribution in [-0.4, -0.2) is 33.8 Å². The second-order valence-corrected chi connectivity index (χ2v) is 8.04. The van der Waals surface area contributed by atoms with Gasteiger partial charge in [-0.05, 0) is 35.4 Å². The first kappa shape index (κ1) is 23.1. The van der Waals surface area contributed by atoms with Crippen molar-refractivity contribution in [3.63, 3.8) is 0 Å². The van der Waals surface area contributed by atoms with Crippen molar-refractivity contribution >= 4 is 24.9 Å². The molecule has 2 aromatic carbocycles. The maximum Gasteiger partial charge on any atom is 0.344 e. The first-order valence-corrected chi connectivity index (χ1v) is 10.2. The first-order valence-electron chi connectivity index (χ1n) is 8.46. The van der Waals surface area contributed by atoms with Crippen LogP contribution in [0.25, 0.3) is 0 Å². The quantitative estimate of drug-likeness (QED) is 0.284. The number of nitrogens with zero attached hydrogens (tertiary/aromatic N) is 2. The van der Waals surface area contributed by atoms with E-state index >= 15 is 0 Å². The highest BCUT2D eigenvalue weighted by molar-refractivity contribution is 7.53. The van der Waals surface area contributed by atoms with Gasteiger partial charge in [-0.2, -0.15) is 0 Å². The lowest BCUT2D eigenvalue weighted by atomic mass is 10.2. The Morgan fingerprint density at radius 2 is 1.30 bits per heavy atom. The summed E-state index contributed by atoms with van der Waals surface area (Å²) in [6.45, 7) is -0.847. The van der Waals surface area contributed by atoms with Crippen molar-refractivity contribution < 1.29 is 33.4 Å². The third-order valence-corrected chi connectivity index (χ3v) is 5.39. The molecule has 0 aliphatic carbocycles. The van der Waals surface area contributed by atoms with Gasteiger partial charge in [0.05, 0.1) is 35.9 Å². The first-order chi connectivity index (χ1) is 14.2. The molecule has 0 atom stereocenters. The number of carboxylic acid groups (broad SMARTS) is 1. The molecule has 30 heavy (non-hydrogen) atoms. The Labute approximate surface area is 170 Å². The number of aliphatic carboxylic acids is 1. The molecular weight excluding hydrogens is 421 g/mol. The number of nitro groups is 2. The molecule has 2 N–H and O–H groups in total. The molecule has 0 aliphatic heterocycles. The summed E-state index contributed by atoms with van der Waals surface area (Å²) in [6.07, 6.45) is -0.390. The number of non-ortho nitro benzene ring substituents is 2. The van der Waals surface area contributed by atoms with Gasteiger partial charge in [0.25, 0.3) is 11.4 Å². The third-order valence-electron chi connectivity index (χ3n) is 3.73. The van der Waals surface area contributed by atoms with E-state index < -0.39 is 30.0 Å². The van der Waals surface area contributed by atoms with Crippen LogP contribution in [0, 0.1) is 20.2 Å². The number of hydrogen-bond donors (Lipinski definition) is 2. The molecule has 0 saturated carbocycles. The number of benzene rings is 2. The number of nitrogens with one attached hydrogen (secondary N) is 1. The normalized spacial score (nSPS) is 11.2. The summed E-state index contributed by atoms with van der Waals surface area (Å²) in [5, 5.41) is 32.6. The fourth-order valence-electron chi connectivity index (χ4n) is 2.20. The second-order valence-electron chi connectivity index (χ2n) is 5.98. The van der Waals surface area contributed by atoms with Gasteiger partial charge in [0.2, 0.25) is 0 Å². The minimum absolute atomic E-state index is 0.112. The number of rotatable bonds is 12. The molecule has 0 saturated heterocycles. The molecule has 0 aliphatic rings. The fraction of sp³-hybridized carbons (Fsp3) is 0.235. The number of carbonyl (C=O) groups is 1. The zero-order valence-corrected chi connectivity index (χ0v) is 16.4. The van der Waals surface area contributed by atoms with E-state index in [0.717, 1.165) is 0 Å². The van der Waals surface area contributed by atoms with E-state index in [0.29, 0.717) is 11.1 Å². The van der Waals surface area contributed by atoms with E-state index in [1.54, 1.807) is 0 Å². The van der Waals surface area contributed by atoms with Gasteiger partial charge >= 0.3 is 13.6 Å². The molecule has 0 unspecified atom stereocenters. The van der Waals surface area contributed by atoms with Gasteiger partial charge in [-0.3, -0.25) is 34.9 Å². The summed E-state index contributed by atoms with van der Waals surface area (Å²) in [5.41, 5.74) is 0.773. The summed E-state index contributed by atoms with van der Waals surface area (Å²) in [6, 6.07) is 10.8. The average Bonchev–Trinajstić information content (AvgIpc) is 2.71. The second kappa shape index (κ2) is 10.6. The SMILES string of the molecule is O=C(O)CNCP(=O)(OCc1ccc([N+](=O)[O-])cc1)OCc1ccc([N+](=O)[O-])cc1. The van der Waals surface area contributed by atoms with E-state index in [1.807, 2.05) is 0 Å². The van der Waals surface area contributed by atoms with Gasteiger partial charge in [-0.25, -0.2) is 0 Å². The fourth-order valence-corrected chi connectivity index (χ4v) is 3.54. The van der Waals surface area contributed by atoms with Gasteiger partial charge in [-0.15, -0.1) is 0 Å². The summed E-state index contributed by atoms with van der Waals surface area (Å²) >= 11 is 0. The van der Waals surface area contributed by atoms with Crippen molar-refractivity contribution in [3.8, 4) is 0 Å². The molecule has 0 amide bonds. The molecule has 2 rings (SSSR count).